The molecule has 1 aromatic rings. The predicted octanol–water partition coefficient (Wildman–Crippen LogP) is 0.648. The van der Waals surface area contributed by atoms with Crippen molar-refractivity contribution in [1.82, 2.24) is 25.4 Å². The highest BCUT2D eigenvalue weighted by Crippen LogP contribution is 2.33. The summed E-state index contributed by atoms with van der Waals surface area (Å²) in [6.45, 7) is 2.07. The number of hydrogen-bond acceptors (Lipinski definition) is 4. The molecule has 3 N–H and O–H groups in total. The molecule has 0 radical (unpaired) electrons. The van der Waals surface area contributed by atoms with E-state index in [4.69, 9.17) is 0 Å². The highest BCUT2D eigenvalue weighted by molar-refractivity contribution is 5.86. The van der Waals surface area contributed by atoms with Gasteiger partial charge in [0.15, 0.2) is 0 Å². The number of rotatable bonds is 4. The van der Waals surface area contributed by atoms with Gasteiger partial charge in [0, 0.05) is 7.05 Å². The Morgan fingerprint density at radius 3 is 2.86 bits per heavy atom. The first-order chi connectivity index (χ1) is 9.95. The number of aryl methyl sites for hydroxylation is 1. The van der Waals surface area contributed by atoms with Crippen molar-refractivity contribution < 1.29 is 14.7 Å². The molecule has 1 aromatic heterocycles. The molecule has 1 aliphatic rings. The summed E-state index contributed by atoms with van der Waals surface area (Å²) in [7, 11) is 1.73. The van der Waals surface area contributed by atoms with Crippen molar-refractivity contribution in [1.29, 1.82) is 0 Å². The molecule has 0 aliphatic heterocycles. The smallest absolute Gasteiger partial charge is 0.329 e. The van der Waals surface area contributed by atoms with Crippen LogP contribution in [0.15, 0.2) is 6.33 Å². The van der Waals surface area contributed by atoms with Crippen molar-refractivity contribution in [2.75, 3.05) is 0 Å². The molecule has 2 atom stereocenters. The maximum absolute atomic E-state index is 12.0. The molecule has 0 spiro atoms. The molecule has 0 saturated heterocycles. The van der Waals surface area contributed by atoms with Crippen LogP contribution in [0.25, 0.3) is 0 Å². The summed E-state index contributed by atoms with van der Waals surface area (Å²) >= 11 is 0. The summed E-state index contributed by atoms with van der Waals surface area (Å²) in [5.41, 5.74) is -1.18. The monoisotopic (exact) mass is 295 g/mol. The molecule has 0 bridgehead atoms. The first kappa shape index (κ1) is 15.3. The van der Waals surface area contributed by atoms with Crippen LogP contribution in [-0.2, 0) is 18.4 Å². The Hall–Kier alpha value is -2.12. The topological polar surface area (TPSA) is 109 Å². The number of carboxylic acids is 1. The van der Waals surface area contributed by atoms with Crippen LogP contribution in [-0.4, -0.2) is 37.4 Å². The van der Waals surface area contributed by atoms with Gasteiger partial charge in [-0.1, -0.05) is 19.8 Å². The number of hydrogen-bond donors (Lipinski definition) is 3. The van der Waals surface area contributed by atoms with Crippen molar-refractivity contribution in [3.63, 3.8) is 0 Å². The number of carbonyl (C=O) groups excluding carboxylic acids is 1. The fraction of sp³-hybridized carbons (Fsp3) is 0.692. The number of carboxylic acid groups (broad SMARTS) is 1. The van der Waals surface area contributed by atoms with Gasteiger partial charge in [0.2, 0.25) is 0 Å². The van der Waals surface area contributed by atoms with Crippen molar-refractivity contribution in [2.24, 2.45) is 13.0 Å². The number of carbonyl (C=O) groups is 2. The largest absolute Gasteiger partial charge is 0.479 e. The van der Waals surface area contributed by atoms with Gasteiger partial charge in [0.25, 0.3) is 0 Å². The molecule has 1 heterocycles. The zero-order valence-corrected chi connectivity index (χ0v) is 12.3. The van der Waals surface area contributed by atoms with Crippen LogP contribution in [0.1, 0.15) is 38.4 Å². The predicted molar refractivity (Wildman–Crippen MR) is 74.4 cm³/mol. The number of aliphatic carboxylic acids is 1. The van der Waals surface area contributed by atoms with E-state index in [0.29, 0.717) is 12.2 Å². The maximum atomic E-state index is 12.0. The molecule has 21 heavy (non-hydrogen) atoms. The van der Waals surface area contributed by atoms with Crippen molar-refractivity contribution >= 4 is 12.0 Å². The van der Waals surface area contributed by atoms with Crippen LogP contribution in [0.3, 0.4) is 0 Å². The van der Waals surface area contributed by atoms with Gasteiger partial charge in [0.05, 0.1) is 6.54 Å². The lowest BCUT2D eigenvalue weighted by Crippen LogP contribution is -2.61. The molecule has 1 aliphatic carbocycles. The van der Waals surface area contributed by atoms with Crippen LogP contribution in [0.2, 0.25) is 0 Å². The van der Waals surface area contributed by atoms with E-state index in [2.05, 4.69) is 20.7 Å². The molecule has 8 nitrogen and oxygen atoms in total. The Morgan fingerprint density at radius 1 is 1.52 bits per heavy atom. The molecule has 1 saturated carbocycles. The number of amides is 2. The minimum atomic E-state index is -1.18. The fourth-order valence-electron chi connectivity index (χ4n) is 2.79. The van der Waals surface area contributed by atoms with E-state index in [1.54, 1.807) is 11.7 Å². The second kappa shape index (κ2) is 6.11. The van der Waals surface area contributed by atoms with Crippen LogP contribution in [0, 0.1) is 5.92 Å². The van der Waals surface area contributed by atoms with Gasteiger partial charge in [-0.3, -0.25) is 4.68 Å². The lowest BCUT2D eigenvalue weighted by Gasteiger charge is -2.39. The quantitative estimate of drug-likeness (QED) is 0.755. The molecule has 2 amide bonds. The molecular weight excluding hydrogens is 274 g/mol. The zero-order chi connectivity index (χ0) is 15.5. The third-order valence-electron chi connectivity index (χ3n) is 4.23. The van der Waals surface area contributed by atoms with E-state index in [-0.39, 0.29) is 12.5 Å². The van der Waals surface area contributed by atoms with Gasteiger partial charge in [-0.05, 0) is 18.8 Å². The lowest BCUT2D eigenvalue weighted by molar-refractivity contribution is -0.148. The normalized spacial score (nSPS) is 25.3. The Balaban J connectivity index is 1.99. The summed E-state index contributed by atoms with van der Waals surface area (Å²) in [5.74, 6) is -0.459. The number of urea groups is 1. The highest BCUT2D eigenvalue weighted by Gasteiger charge is 2.46. The first-order valence-electron chi connectivity index (χ1n) is 7.08. The molecule has 0 aromatic carbocycles. The zero-order valence-electron chi connectivity index (χ0n) is 12.3. The van der Waals surface area contributed by atoms with Crippen LogP contribution in [0.4, 0.5) is 4.79 Å². The summed E-state index contributed by atoms with van der Waals surface area (Å²) in [6.07, 6.45) is 4.46. The highest BCUT2D eigenvalue weighted by atomic mass is 16.4. The minimum Gasteiger partial charge on any atom is -0.479 e. The van der Waals surface area contributed by atoms with Crippen LogP contribution < -0.4 is 10.6 Å². The summed E-state index contributed by atoms with van der Waals surface area (Å²) in [4.78, 5) is 27.7. The van der Waals surface area contributed by atoms with Crippen molar-refractivity contribution in [3.8, 4) is 0 Å². The minimum absolute atomic E-state index is 0.0932. The Kier molecular flexibility index (Phi) is 4.44. The fourth-order valence-corrected chi connectivity index (χ4v) is 2.79. The average molecular weight is 295 g/mol. The van der Waals surface area contributed by atoms with Gasteiger partial charge < -0.3 is 15.7 Å². The number of aromatic nitrogens is 3. The second-order valence-electron chi connectivity index (χ2n) is 5.53. The average Bonchev–Trinajstić information content (AvgIpc) is 2.84. The molecule has 116 valence electrons. The first-order valence-corrected chi connectivity index (χ1v) is 7.08. The SMILES string of the molecule is CC1CCCCC1(NC(=O)NCc1ncnn1C)C(=O)O. The second-order valence-corrected chi connectivity index (χ2v) is 5.53. The summed E-state index contributed by atoms with van der Waals surface area (Å²) in [5, 5.41) is 18.7. The third kappa shape index (κ3) is 3.14. The number of nitrogens with zero attached hydrogens (tertiary/aromatic N) is 3. The van der Waals surface area contributed by atoms with E-state index < -0.39 is 17.5 Å². The van der Waals surface area contributed by atoms with Gasteiger partial charge in [-0.15, -0.1) is 0 Å². The van der Waals surface area contributed by atoms with Crippen LogP contribution >= 0.6 is 0 Å². The maximum Gasteiger partial charge on any atom is 0.329 e. The third-order valence-corrected chi connectivity index (χ3v) is 4.23. The van der Waals surface area contributed by atoms with E-state index in [1.807, 2.05) is 6.92 Å². The Bertz CT molecular complexity index is 530. The summed E-state index contributed by atoms with van der Waals surface area (Å²) in [6, 6.07) is -0.492. The molecule has 2 rings (SSSR count). The van der Waals surface area contributed by atoms with Gasteiger partial charge in [-0.2, -0.15) is 5.10 Å². The Morgan fingerprint density at radius 2 is 2.29 bits per heavy atom. The molecular formula is C13H21N5O3. The van der Waals surface area contributed by atoms with E-state index in [0.717, 1.165) is 19.3 Å². The molecule has 1 fully saturated rings. The van der Waals surface area contributed by atoms with Crippen LogP contribution in [0.5, 0.6) is 0 Å². The standard InChI is InChI=1S/C13H21N5O3/c1-9-5-3-4-6-13(9,11(19)20)17-12(21)14-7-10-15-8-16-18(10)2/h8-9H,3-7H2,1-2H3,(H,19,20)(H2,14,17,21). The van der Waals surface area contributed by atoms with E-state index >= 15 is 0 Å². The van der Waals surface area contributed by atoms with Crippen molar-refractivity contribution in [3.05, 3.63) is 12.2 Å². The number of nitrogens with one attached hydrogen (secondary N) is 2. The van der Waals surface area contributed by atoms with Gasteiger partial charge in [-0.25, -0.2) is 14.6 Å². The van der Waals surface area contributed by atoms with E-state index in [9.17, 15) is 14.7 Å². The molecule has 8 heteroatoms. The van der Waals surface area contributed by atoms with Gasteiger partial charge in [0.1, 0.15) is 17.7 Å². The lowest BCUT2D eigenvalue weighted by atomic mass is 9.73. The van der Waals surface area contributed by atoms with Crippen molar-refractivity contribution in [2.45, 2.75) is 44.7 Å². The van der Waals surface area contributed by atoms with Gasteiger partial charge >= 0.3 is 12.0 Å². The Labute approximate surface area is 122 Å². The van der Waals surface area contributed by atoms with E-state index in [1.165, 1.54) is 6.33 Å². The molecule has 2 unspecified atom stereocenters. The summed E-state index contributed by atoms with van der Waals surface area (Å²) < 4.78 is 1.55.